The number of benzene rings is 3. The predicted octanol–water partition coefficient (Wildman–Crippen LogP) is 0.353. The van der Waals surface area contributed by atoms with E-state index in [9.17, 15) is 48.9 Å². The minimum Gasteiger partial charge on any atom is -0.508 e. The van der Waals surface area contributed by atoms with Crippen molar-refractivity contribution in [2.45, 2.75) is 88.1 Å². The number of phenolic OH excluding ortho intramolecular Hbond substituents is 2. The lowest BCUT2D eigenvalue weighted by atomic mass is 10.0. The van der Waals surface area contributed by atoms with Gasteiger partial charge in [0.2, 0.25) is 29.5 Å². The number of hydrogen-bond acceptors (Lipinski definition) is 10. The fourth-order valence-corrected chi connectivity index (χ4v) is 6.39. The Balaban J connectivity index is 1.45. The Bertz CT molecular complexity index is 1890. The van der Waals surface area contributed by atoms with E-state index in [2.05, 4.69) is 21.3 Å². The van der Waals surface area contributed by atoms with Crippen molar-refractivity contribution in [2.75, 3.05) is 6.54 Å². The van der Waals surface area contributed by atoms with Crippen LogP contribution in [0.25, 0.3) is 0 Å². The standard InChI is InChI=1S/C40H48N6O11/c1-23(42-36(52)31(22-26-11-15-28(48)16-12-26)44-35(51)29(41)20-25-9-13-27(47)14-10-25)39(55)46-19-5-8-33(46)38(54)45-32(21-24-6-3-2-4-7-24)37(53)43-30(40(56)57)17-18-34(49)50/h2-4,6-7,9-16,23,29-33,47-48H,5,8,17-22,41H2,1H3,(H,42,52)(H,43,53)(H,44,51)(H,45,54)(H,49,50)(H,56,57)/t23-,29-,30-,31-,32-,33-/m0/s1. The molecule has 3 aromatic rings. The molecule has 1 saturated heterocycles. The molecule has 3 aromatic carbocycles. The molecule has 4 rings (SSSR count). The molecule has 1 aliphatic heterocycles. The van der Waals surface area contributed by atoms with E-state index in [1.54, 1.807) is 54.6 Å². The first-order valence-electron chi connectivity index (χ1n) is 18.4. The molecule has 0 radical (unpaired) electrons. The van der Waals surface area contributed by atoms with Crippen molar-refractivity contribution in [2.24, 2.45) is 5.73 Å². The van der Waals surface area contributed by atoms with E-state index in [1.807, 2.05) is 0 Å². The molecule has 1 heterocycles. The van der Waals surface area contributed by atoms with Crippen molar-refractivity contribution in [3.05, 3.63) is 95.6 Å². The van der Waals surface area contributed by atoms with Crippen molar-refractivity contribution in [3.8, 4) is 11.5 Å². The summed E-state index contributed by atoms with van der Waals surface area (Å²) in [5.41, 5.74) is 8.07. The zero-order valence-electron chi connectivity index (χ0n) is 31.3. The number of phenols is 2. The predicted molar refractivity (Wildman–Crippen MR) is 204 cm³/mol. The highest BCUT2D eigenvalue weighted by molar-refractivity contribution is 5.96. The number of rotatable bonds is 19. The van der Waals surface area contributed by atoms with Gasteiger partial charge in [0.15, 0.2) is 0 Å². The summed E-state index contributed by atoms with van der Waals surface area (Å²) < 4.78 is 0. The largest absolute Gasteiger partial charge is 0.508 e. The van der Waals surface area contributed by atoms with Crippen LogP contribution in [0.5, 0.6) is 11.5 Å². The van der Waals surface area contributed by atoms with Gasteiger partial charge in [0, 0.05) is 25.8 Å². The van der Waals surface area contributed by atoms with Crippen LogP contribution in [0, 0.1) is 0 Å². The molecule has 0 saturated carbocycles. The molecule has 1 aliphatic rings. The fraction of sp³-hybridized carbons (Fsp3) is 0.375. The molecule has 57 heavy (non-hydrogen) atoms. The van der Waals surface area contributed by atoms with E-state index in [4.69, 9.17) is 10.8 Å². The number of carbonyl (C=O) groups is 7. The first kappa shape index (κ1) is 43.2. The highest BCUT2D eigenvalue weighted by atomic mass is 16.4. The van der Waals surface area contributed by atoms with E-state index < -0.39 is 84.1 Å². The first-order chi connectivity index (χ1) is 27.1. The molecule has 0 unspecified atom stereocenters. The third kappa shape index (κ3) is 13.1. The van der Waals surface area contributed by atoms with Gasteiger partial charge in [0.25, 0.3) is 0 Å². The van der Waals surface area contributed by atoms with Gasteiger partial charge in [0.1, 0.15) is 41.7 Å². The number of aliphatic carboxylic acids is 2. The van der Waals surface area contributed by atoms with Crippen LogP contribution < -0.4 is 27.0 Å². The van der Waals surface area contributed by atoms with Gasteiger partial charge in [0.05, 0.1) is 6.04 Å². The minimum atomic E-state index is -1.53. The Hall–Kier alpha value is -6.49. The van der Waals surface area contributed by atoms with E-state index in [1.165, 1.54) is 36.1 Å². The van der Waals surface area contributed by atoms with E-state index in [-0.39, 0.29) is 50.1 Å². The number of aromatic hydroxyl groups is 2. The third-order valence-electron chi connectivity index (χ3n) is 9.48. The Kier molecular flexibility index (Phi) is 15.5. The lowest BCUT2D eigenvalue weighted by molar-refractivity contribution is -0.144. The summed E-state index contributed by atoms with van der Waals surface area (Å²) in [4.78, 5) is 92.1. The van der Waals surface area contributed by atoms with Crippen molar-refractivity contribution in [1.82, 2.24) is 26.2 Å². The lowest BCUT2D eigenvalue weighted by Gasteiger charge is -2.30. The van der Waals surface area contributed by atoms with Gasteiger partial charge in [-0.25, -0.2) is 4.79 Å². The molecule has 17 nitrogen and oxygen atoms in total. The molecule has 0 spiro atoms. The van der Waals surface area contributed by atoms with Gasteiger partial charge < -0.3 is 52.3 Å². The maximum Gasteiger partial charge on any atom is 0.326 e. The van der Waals surface area contributed by atoms with Crippen molar-refractivity contribution in [3.63, 3.8) is 0 Å². The topological polar surface area (TPSA) is 278 Å². The molecule has 1 fully saturated rings. The zero-order valence-corrected chi connectivity index (χ0v) is 31.3. The number of nitrogens with zero attached hydrogens (tertiary/aromatic N) is 1. The maximum absolute atomic E-state index is 13.8. The van der Waals surface area contributed by atoms with Gasteiger partial charge in [-0.05, 0) is 73.6 Å². The van der Waals surface area contributed by atoms with Crippen LogP contribution in [0.3, 0.4) is 0 Å². The molecule has 304 valence electrons. The number of hydrogen-bond donors (Lipinski definition) is 9. The molecular formula is C40H48N6O11. The number of carboxylic acid groups (broad SMARTS) is 2. The summed E-state index contributed by atoms with van der Waals surface area (Å²) in [6, 6.07) is 13.4. The van der Waals surface area contributed by atoms with Crippen LogP contribution in [0.1, 0.15) is 49.3 Å². The SMILES string of the molecule is C[C@H](NC(=O)[C@H](Cc1ccc(O)cc1)NC(=O)[C@@H](N)Cc1ccc(O)cc1)C(=O)N1CCC[C@H]1C(=O)N[C@@H](Cc1ccccc1)C(=O)N[C@@H](CCC(=O)O)C(=O)O. The number of nitrogens with one attached hydrogen (secondary N) is 4. The number of carboxylic acids is 2. The maximum atomic E-state index is 13.8. The van der Waals surface area contributed by atoms with E-state index >= 15 is 0 Å². The summed E-state index contributed by atoms with van der Waals surface area (Å²) in [5, 5.41) is 48.2. The first-order valence-corrected chi connectivity index (χ1v) is 18.4. The molecule has 10 N–H and O–H groups in total. The smallest absolute Gasteiger partial charge is 0.326 e. The number of carbonyl (C=O) groups excluding carboxylic acids is 5. The highest BCUT2D eigenvalue weighted by Crippen LogP contribution is 2.20. The van der Waals surface area contributed by atoms with Crippen molar-refractivity contribution >= 4 is 41.5 Å². The van der Waals surface area contributed by atoms with Crippen LogP contribution in [0.15, 0.2) is 78.9 Å². The van der Waals surface area contributed by atoms with Crippen molar-refractivity contribution in [1.29, 1.82) is 0 Å². The Morgan fingerprint density at radius 1 is 0.684 bits per heavy atom. The average molecular weight is 789 g/mol. The second-order valence-corrected chi connectivity index (χ2v) is 13.9. The Morgan fingerprint density at radius 2 is 1.19 bits per heavy atom. The van der Waals surface area contributed by atoms with Gasteiger partial charge in [-0.1, -0.05) is 54.6 Å². The Morgan fingerprint density at radius 3 is 1.75 bits per heavy atom. The third-order valence-corrected chi connectivity index (χ3v) is 9.48. The highest BCUT2D eigenvalue weighted by Gasteiger charge is 2.39. The molecule has 17 heteroatoms. The van der Waals surface area contributed by atoms with Crippen LogP contribution in [-0.4, -0.2) is 110 Å². The quantitative estimate of drug-likeness (QED) is 0.0796. The molecular weight excluding hydrogens is 740 g/mol. The summed E-state index contributed by atoms with van der Waals surface area (Å²) in [6.45, 7) is 1.58. The van der Waals surface area contributed by atoms with Crippen molar-refractivity contribution < 1.29 is 54.0 Å². The summed E-state index contributed by atoms with van der Waals surface area (Å²) in [6.07, 6.45) is -0.206. The van der Waals surface area contributed by atoms with Crippen LogP contribution in [0.2, 0.25) is 0 Å². The summed E-state index contributed by atoms with van der Waals surface area (Å²) >= 11 is 0. The van der Waals surface area contributed by atoms with Crippen LogP contribution in [-0.2, 0) is 52.8 Å². The fourth-order valence-electron chi connectivity index (χ4n) is 6.39. The zero-order chi connectivity index (χ0) is 41.6. The molecule has 0 aliphatic carbocycles. The number of amides is 5. The van der Waals surface area contributed by atoms with Gasteiger partial charge in [-0.2, -0.15) is 0 Å². The number of likely N-dealkylation sites (tertiary alicyclic amines) is 1. The van der Waals surface area contributed by atoms with E-state index in [0.717, 1.165) is 0 Å². The normalized spacial score (nSPS) is 16.2. The van der Waals surface area contributed by atoms with Crippen LogP contribution >= 0.6 is 0 Å². The van der Waals surface area contributed by atoms with Gasteiger partial charge in [-0.15, -0.1) is 0 Å². The van der Waals surface area contributed by atoms with Gasteiger partial charge in [-0.3, -0.25) is 28.8 Å². The van der Waals surface area contributed by atoms with Crippen LogP contribution in [0.4, 0.5) is 0 Å². The average Bonchev–Trinajstić information content (AvgIpc) is 3.67. The Labute approximate surface area is 328 Å². The second-order valence-electron chi connectivity index (χ2n) is 13.9. The molecule has 6 atom stereocenters. The molecule has 0 bridgehead atoms. The monoisotopic (exact) mass is 788 g/mol. The molecule has 5 amide bonds. The summed E-state index contributed by atoms with van der Waals surface area (Å²) in [7, 11) is 0. The van der Waals surface area contributed by atoms with Gasteiger partial charge >= 0.3 is 11.9 Å². The lowest BCUT2D eigenvalue weighted by Crippen LogP contribution is -2.59. The molecule has 0 aromatic heterocycles. The minimum absolute atomic E-state index is 0.00431. The van der Waals surface area contributed by atoms with E-state index in [0.29, 0.717) is 23.1 Å². The second kappa shape index (κ2) is 20.4. The summed E-state index contributed by atoms with van der Waals surface area (Å²) in [5.74, 6) is -6.17. The number of nitrogens with two attached hydrogens (primary N) is 1.